The van der Waals surface area contributed by atoms with E-state index in [-0.39, 0.29) is 11.5 Å². The number of aryl methyl sites for hydroxylation is 2. The van der Waals surface area contributed by atoms with Gasteiger partial charge in [0.2, 0.25) is 0 Å². The highest BCUT2D eigenvalue weighted by atomic mass is 32.1. The molecule has 2 atom stereocenters. The van der Waals surface area contributed by atoms with Gasteiger partial charge in [0, 0.05) is 26.7 Å². The van der Waals surface area contributed by atoms with Crippen LogP contribution in [0.5, 0.6) is 0 Å². The van der Waals surface area contributed by atoms with Crippen LogP contribution in [0.25, 0.3) is 10.2 Å². The van der Waals surface area contributed by atoms with Gasteiger partial charge in [-0.3, -0.25) is 9.59 Å². The van der Waals surface area contributed by atoms with Crippen LogP contribution in [-0.2, 0) is 7.05 Å². The SMILES string of the molecule is Cc1c(C(=O)NCCCN2C[C@H](C)C[C@H](C)C2)sc2ncn(C)c(=O)c12. The number of aromatic nitrogens is 2. The van der Waals surface area contributed by atoms with Crippen molar-refractivity contribution in [1.82, 2.24) is 19.8 Å². The predicted molar refractivity (Wildman–Crippen MR) is 106 cm³/mol. The number of rotatable bonds is 5. The highest BCUT2D eigenvalue weighted by Crippen LogP contribution is 2.26. The number of fused-ring (bicyclic) bond motifs is 1. The van der Waals surface area contributed by atoms with Crippen LogP contribution in [0.1, 0.15) is 41.9 Å². The summed E-state index contributed by atoms with van der Waals surface area (Å²) in [6, 6.07) is 0. The fraction of sp³-hybridized carbons (Fsp3) is 0.632. The number of hydrogen-bond donors (Lipinski definition) is 1. The molecule has 3 heterocycles. The topological polar surface area (TPSA) is 67.2 Å². The second-order valence-corrected chi connectivity index (χ2v) is 8.71. The molecule has 0 radical (unpaired) electrons. The van der Waals surface area contributed by atoms with Crippen LogP contribution < -0.4 is 10.9 Å². The van der Waals surface area contributed by atoms with Gasteiger partial charge in [0.1, 0.15) is 4.83 Å². The zero-order valence-corrected chi connectivity index (χ0v) is 16.9. The average Bonchev–Trinajstić information content (AvgIpc) is 2.91. The fourth-order valence-corrected chi connectivity index (χ4v) is 5.04. The molecule has 0 bridgehead atoms. The third kappa shape index (κ3) is 3.99. The van der Waals surface area contributed by atoms with Crippen molar-refractivity contribution in [2.24, 2.45) is 18.9 Å². The van der Waals surface area contributed by atoms with Crippen molar-refractivity contribution in [1.29, 1.82) is 0 Å². The van der Waals surface area contributed by atoms with Crippen LogP contribution in [0.2, 0.25) is 0 Å². The standard InChI is InChI=1S/C19H28N4O2S/c1-12-8-13(2)10-23(9-12)7-5-6-20-17(24)16-14(3)15-18(26-16)21-11-22(4)19(15)25/h11-13H,5-10H2,1-4H3,(H,20,24)/t12-,13+. The molecule has 1 aliphatic heterocycles. The quantitative estimate of drug-likeness (QED) is 0.814. The van der Waals surface area contributed by atoms with Crippen molar-refractivity contribution in [2.45, 2.75) is 33.6 Å². The summed E-state index contributed by atoms with van der Waals surface area (Å²) in [5.41, 5.74) is 0.631. The Bertz CT molecular complexity index is 847. The number of piperidine rings is 1. The number of likely N-dealkylation sites (tertiary alicyclic amines) is 1. The van der Waals surface area contributed by atoms with Crippen molar-refractivity contribution in [3.8, 4) is 0 Å². The van der Waals surface area contributed by atoms with Crippen molar-refractivity contribution in [3.05, 3.63) is 27.1 Å². The monoisotopic (exact) mass is 376 g/mol. The molecule has 0 unspecified atom stereocenters. The summed E-state index contributed by atoms with van der Waals surface area (Å²) in [7, 11) is 1.67. The predicted octanol–water partition coefficient (Wildman–Crippen LogP) is 2.40. The summed E-state index contributed by atoms with van der Waals surface area (Å²) < 4.78 is 1.45. The van der Waals surface area contributed by atoms with E-state index in [1.54, 1.807) is 7.05 Å². The summed E-state index contributed by atoms with van der Waals surface area (Å²) in [6.45, 7) is 10.4. The van der Waals surface area contributed by atoms with Gasteiger partial charge >= 0.3 is 0 Å². The van der Waals surface area contributed by atoms with Gasteiger partial charge in [-0.05, 0) is 43.7 Å². The molecule has 1 aliphatic rings. The van der Waals surface area contributed by atoms with E-state index in [1.165, 1.54) is 28.7 Å². The molecule has 0 saturated carbocycles. The van der Waals surface area contributed by atoms with Crippen LogP contribution >= 0.6 is 11.3 Å². The molecule has 26 heavy (non-hydrogen) atoms. The third-order valence-corrected chi connectivity index (χ3v) is 6.30. The van der Waals surface area contributed by atoms with Gasteiger partial charge in [-0.25, -0.2) is 4.98 Å². The van der Waals surface area contributed by atoms with Crippen LogP contribution in [0.4, 0.5) is 0 Å². The fourth-order valence-electron chi connectivity index (χ4n) is 3.98. The summed E-state index contributed by atoms with van der Waals surface area (Å²) in [4.78, 5) is 32.8. The number of thiophene rings is 1. The zero-order valence-electron chi connectivity index (χ0n) is 16.0. The molecule has 0 aliphatic carbocycles. The second-order valence-electron chi connectivity index (χ2n) is 7.71. The first-order valence-electron chi connectivity index (χ1n) is 9.32. The minimum absolute atomic E-state index is 0.101. The van der Waals surface area contributed by atoms with Crippen LogP contribution in [0.3, 0.4) is 0 Å². The first-order chi connectivity index (χ1) is 12.4. The number of amides is 1. The van der Waals surface area contributed by atoms with Crippen molar-refractivity contribution < 1.29 is 4.79 Å². The van der Waals surface area contributed by atoms with Gasteiger partial charge in [0.15, 0.2) is 0 Å². The Hall–Kier alpha value is -1.73. The van der Waals surface area contributed by atoms with Crippen molar-refractivity contribution in [3.63, 3.8) is 0 Å². The Morgan fingerprint density at radius 3 is 2.73 bits per heavy atom. The average molecular weight is 377 g/mol. The van der Waals surface area contributed by atoms with E-state index in [4.69, 9.17) is 0 Å². The lowest BCUT2D eigenvalue weighted by Gasteiger charge is -2.34. The second kappa shape index (κ2) is 7.88. The molecule has 6 nitrogen and oxygen atoms in total. The van der Waals surface area contributed by atoms with Gasteiger partial charge in [-0.1, -0.05) is 13.8 Å². The first-order valence-corrected chi connectivity index (χ1v) is 10.1. The van der Waals surface area contributed by atoms with Crippen LogP contribution in [0.15, 0.2) is 11.1 Å². The molecule has 2 aromatic heterocycles. The molecule has 0 aromatic carbocycles. The largest absolute Gasteiger partial charge is 0.351 e. The molecule has 3 rings (SSSR count). The molecular formula is C19H28N4O2S. The van der Waals surface area contributed by atoms with Crippen molar-refractivity contribution >= 4 is 27.5 Å². The van der Waals surface area contributed by atoms with E-state index in [1.807, 2.05) is 6.92 Å². The van der Waals surface area contributed by atoms with E-state index in [9.17, 15) is 9.59 Å². The van der Waals surface area contributed by atoms with Gasteiger partial charge in [-0.15, -0.1) is 11.3 Å². The van der Waals surface area contributed by atoms with Gasteiger partial charge in [0.25, 0.3) is 11.5 Å². The molecule has 2 aromatic rings. The first kappa shape index (κ1) is 19.0. The Labute approximate surface area is 158 Å². The molecule has 1 N–H and O–H groups in total. The number of carbonyl (C=O) groups is 1. The van der Waals surface area contributed by atoms with Crippen LogP contribution in [-0.4, -0.2) is 46.5 Å². The smallest absolute Gasteiger partial charge is 0.262 e. The maximum Gasteiger partial charge on any atom is 0.262 e. The highest BCUT2D eigenvalue weighted by Gasteiger charge is 2.22. The minimum atomic E-state index is -0.104. The Morgan fingerprint density at radius 1 is 1.35 bits per heavy atom. The van der Waals surface area contributed by atoms with Gasteiger partial charge in [0.05, 0.1) is 16.6 Å². The molecule has 1 amide bonds. The summed E-state index contributed by atoms with van der Waals surface area (Å²) >= 11 is 1.29. The summed E-state index contributed by atoms with van der Waals surface area (Å²) in [5.74, 6) is 1.40. The Balaban J connectivity index is 1.57. The Kier molecular flexibility index (Phi) is 5.77. The summed E-state index contributed by atoms with van der Waals surface area (Å²) in [5, 5.41) is 3.56. The maximum atomic E-state index is 12.5. The molecule has 1 fully saturated rings. The highest BCUT2D eigenvalue weighted by molar-refractivity contribution is 7.20. The molecule has 7 heteroatoms. The van der Waals surface area contributed by atoms with E-state index in [0.29, 0.717) is 21.6 Å². The Morgan fingerprint density at radius 2 is 2.04 bits per heavy atom. The molecular weight excluding hydrogens is 348 g/mol. The van der Waals surface area contributed by atoms with Crippen LogP contribution in [0, 0.1) is 18.8 Å². The lowest BCUT2D eigenvalue weighted by molar-refractivity contribution is 0.0951. The lowest BCUT2D eigenvalue weighted by atomic mass is 9.92. The van der Waals surface area contributed by atoms with E-state index in [0.717, 1.165) is 43.5 Å². The molecule has 1 saturated heterocycles. The van der Waals surface area contributed by atoms with E-state index in [2.05, 4.69) is 29.0 Å². The van der Waals surface area contributed by atoms with Crippen molar-refractivity contribution in [2.75, 3.05) is 26.2 Å². The lowest BCUT2D eigenvalue weighted by Crippen LogP contribution is -2.40. The van der Waals surface area contributed by atoms with Gasteiger partial charge in [-0.2, -0.15) is 0 Å². The van der Waals surface area contributed by atoms with Gasteiger partial charge < -0.3 is 14.8 Å². The molecule has 0 spiro atoms. The van der Waals surface area contributed by atoms with E-state index < -0.39 is 0 Å². The molecule has 142 valence electrons. The maximum absolute atomic E-state index is 12.5. The number of nitrogens with one attached hydrogen (secondary N) is 1. The number of carbonyl (C=O) groups excluding carboxylic acids is 1. The minimum Gasteiger partial charge on any atom is -0.351 e. The van der Waals surface area contributed by atoms with E-state index >= 15 is 0 Å². The summed E-state index contributed by atoms with van der Waals surface area (Å²) in [6.07, 6.45) is 3.75. The number of hydrogen-bond acceptors (Lipinski definition) is 5. The normalized spacial score (nSPS) is 21.2. The number of nitrogens with zero attached hydrogens (tertiary/aromatic N) is 3. The third-order valence-electron chi connectivity index (χ3n) is 5.10. The zero-order chi connectivity index (χ0) is 18.8.